The van der Waals surface area contributed by atoms with Gasteiger partial charge in [-0.15, -0.1) is 0 Å². The monoisotopic (exact) mass is 329 g/mol. The largest absolute Gasteiger partial charge is 0.446 e. The van der Waals surface area contributed by atoms with E-state index in [0.717, 1.165) is 18.4 Å². The summed E-state index contributed by atoms with van der Waals surface area (Å²) in [4.78, 5) is 16.5. The first-order chi connectivity index (χ1) is 11.5. The topological polar surface area (TPSA) is 81.2 Å². The predicted octanol–water partition coefficient (Wildman–Crippen LogP) is 3.47. The van der Waals surface area contributed by atoms with Crippen LogP contribution in [-0.4, -0.2) is 16.9 Å². The lowest BCUT2D eigenvalue weighted by molar-refractivity contribution is 0.0932. The molecule has 0 bridgehead atoms. The molecule has 0 spiro atoms. The summed E-state index contributed by atoms with van der Waals surface area (Å²) in [5.74, 6) is 0.797. The highest BCUT2D eigenvalue weighted by molar-refractivity contribution is 5.92. The molecule has 0 radical (unpaired) electrons. The second-order valence-corrected chi connectivity index (χ2v) is 6.71. The maximum absolute atomic E-state index is 12.2. The normalized spacial score (nSPS) is 13.7. The van der Waals surface area contributed by atoms with Gasteiger partial charge in [0.15, 0.2) is 5.69 Å². The first-order valence-electron chi connectivity index (χ1n) is 8.51. The van der Waals surface area contributed by atoms with Crippen molar-refractivity contribution in [3.8, 4) is 0 Å². The Hall–Kier alpha value is -2.14. The van der Waals surface area contributed by atoms with E-state index >= 15 is 0 Å². The summed E-state index contributed by atoms with van der Waals surface area (Å²) < 4.78 is 5.40. The van der Waals surface area contributed by atoms with Gasteiger partial charge >= 0.3 is 0 Å². The van der Waals surface area contributed by atoms with Crippen molar-refractivity contribution in [1.29, 1.82) is 0 Å². The van der Waals surface area contributed by atoms with Crippen LogP contribution in [0.1, 0.15) is 61.6 Å². The van der Waals surface area contributed by atoms with Crippen LogP contribution in [-0.2, 0) is 6.42 Å². The second-order valence-electron chi connectivity index (χ2n) is 6.71. The van der Waals surface area contributed by atoms with Gasteiger partial charge in [0.05, 0.1) is 6.04 Å². The molecule has 1 heterocycles. The SMILES string of the molecule is CC(C)CCC(C)NC(=O)c1coc(C(N)Cc2ccccc2)n1. The molecule has 1 amide bonds. The quantitative estimate of drug-likeness (QED) is 0.777. The highest BCUT2D eigenvalue weighted by atomic mass is 16.3. The minimum Gasteiger partial charge on any atom is -0.446 e. The number of aromatic nitrogens is 1. The predicted molar refractivity (Wildman–Crippen MR) is 94.6 cm³/mol. The molecule has 0 fully saturated rings. The van der Waals surface area contributed by atoms with E-state index in [1.165, 1.54) is 6.26 Å². The zero-order valence-corrected chi connectivity index (χ0v) is 14.7. The number of oxazole rings is 1. The maximum atomic E-state index is 12.2. The molecule has 0 saturated carbocycles. The van der Waals surface area contributed by atoms with Gasteiger partial charge in [-0.2, -0.15) is 0 Å². The Balaban J connectivity index is 1.90. The van der Waals surface area contributed by atoms with Crippen LogP contribution in [0.5, 0.6) is 0 Å². The summed E-state index contributed by atoms with van der Waals surface area (Å²) >= 11 is 0. The number of nitrogens with two attached hydrogens (primary N) is 1. The van der Waals surface area contributed by atoms with Gasteiger partial charge < -0.3 is 15.5 Å². The van der Waals surface area contributed by atoms with Crippen molar-refractivity contribution in [3.05, 3.63) is 53.7 Å². The Morgan fingerprint density at radius 2 is 1.92 bits per heavy atom. The van der Waals surface area contributed by atoms with E-state index in [4.69, 9.17) is 10.2 Å². The van der Waals surface area contributed by atoms with E-state index in [9.17, 15) is 4.79 Å². The summed E-state index contributed by atoms with van der Waals surface area (Å²) in [5.41, 5.74) is 7.52. The van der Waals surface area contributed by atoms with E-state index in [-0.39, 0.29) is 23.7 Å². The molecular weight excluding hydrogens is 302 g/mol. The lowest BCUT2D eigenvalue weighted by Crippen LogP contribution is -2.33. The molecule has 5 heteroatoms. The Labute approximate surface area is 143 Å². The Morgan fingerprint density at radius 1 is 1.21 bits per heavy atom. The average molecular weight is 329 g/mol. The Morgan fingerprint density at radius 3 is 2.58 bits per heavy atom. The van der Waals surface area contributed by atoms with Crippen molar-refractivity contribution in [2.75, 3.05) is 0 Å². The lowest BCUT2D eigenvalue weighted by atomic mass is 10.0. The van der Waals surface area contributed by atoms with Gasteiger partial charge in [0.25, 0.3) is 5.91 Å². The van der Waals surface area contributed by atoms with Crippen LogP contribution in [0.25, 0.3) is 0 Å². The fourth-order valence-corrected chi connectivity index (χ4v) is 2.47. The molecule has 3 N–H and O–H groups in total. The van der Waals surface area contributed by atoms with Crippen LogP contribution < -0.4 is 11.1 Å². The van der Waals surface area contributed by atoms with Crippen molar-refractivity contribution >= 4 is 5.91 Å². The van der Waals surface area contributed by atoms with Crippen LogP contribution in [0, 0.1) is 5.92 Å². The van der Waals surface area contributed by atoms with Crippen molar-refractivity contribution in [1.82, 2.24) is 10.3 Å². The molecule has 5 nitrogen and oxygen atoms in total. The van der Waals surface area contributed by atoms with Crippen molar-refractivity contribution in [2.24, 2.45) is 11.7 Å². The van der Waals surface area contributed by atoms with Crippen LogP contribution in [0.2, 0.25) is 0 Å². The molecule has 2 atom stereocenters. The Kier molecular flexibility index (Phi) is 6.55. The summed E-state index contributed by atoms with van der Waals surface area (Å²) in [5, 5.41) is 2.95. The molecule has 2 aromatic rings. The standard InChI is InChI=1S/C19H27N3O2/c1-13(2)9-10-14(3)21-18(23)17-12-24-19(22-17)16(20)11-15-7-5-4-6-8-15/h4-8,12-14,16H,9-11,20H2,1-3H3,(H,21,23). The van der Waals surface area contributed by atoms with Crippen molar-refractivity contribution in [3.63, 3.8) is 0 Å². The van der Waals surface area contributed by atoms with E-state index in [1.807, 2.05) is 37.3 Å². The zero-order chi connectivity index (χ0) is 17.5. The lowest BCUT2D eigenvalue weighted by Gasteiger charge is -2.13. The van der Waals surface area contributed by atoms with Gasteiger partial charge in [-0.3, -0.25) is 4.79 Å². The van der Waals surface area contributed by atoms with E-state index in [2.05, 4.69) is 24.1 Å². The molecule has 0 saturated heterocycles. The molecule has 2 unspecified atom stereocenters. The molecule has 1 aromatic carbocycles. The van der Waals surface area contributed by atoms with Gasteiger partial charge in [0.2, 0.25) is 5.89 Å². The van der Waals surface area contributed by atoms with Gasteiger partial charge in [0, 0.05) is 6.04 Å². The van der Waals surface area contributed by atoms with E-state index < -0.39 is 0 Å². The van der Waals surface area contributed by atoms with Crippen LogP contribution in [0.3, 0.4) is 0 Å². The number of hydrogen-bond acceptors (Lipinski definition) is 4. The number of rotatable bonds is 8. The molecule has 0 aliphatic heterocycles. The minimum absolute atomic E-state index is 0.109. The minimum atomic E-state index is -0.368. The highest BCUT2D eigenvalue weighted by Crippen LogP contribution is 2.16. The van der Waals surface area contributed by atoms with Crippen molar-refractivity contribution in [2.45, 2.75) is 52.1 Å². The number of nitrogens with zero attached hydrogens (tertiary/aromatic N) is 1. The summed E-state index contributed by atoms with van der Waals surface area (Å²) in [6, 6.07) is 9.65. The third-order valence-corrected chi connectivity index (χ3v) is 3.92. The van der Waals surface area contributed by atoms with E-state index in [1.54, 1.807) is 0 Å². The van der Waals surface area contributed by atoms with Gasteiger partial charge in [-0.25, -0.2) is 4.98 Å². The highest BCUT2D eigenvalue weighted by Gasteiger charge is 2.18. The number of nitrogens with one attached hydrogen (secondary N) is 1. The molecule has 0 aliphatic rings. The molecule has 24 heavy (non-hydrogen) atoms. The second kappa shape index (κ2) is 8.64. The number of hydrogen-bond donors (Lipinski definition) is 2. The first-order valence-corrected chi connectivity index (χ1v) is 8.51. The van der Waals surface area contributed by atoms with Crippen LogP contribution in [0.15, 0.2) is 41.0 Å². The average Bonchev–Trinajstić information content (AvgIpc) is 3.04. The smallest absolute Gasteiger partial charge is 0.273 e. The third-order valence-electron chi connectivity index (χ3n) is 3.92. The zero-order valence-electron chi connectivity index (χ0n) is 14.7. The molecule has 0 aliphatic carbocycles. The number of carbonyl (C=O) groups is 1. The third kappa shape index (κ3) is 5.49. The Bertz CT molecular complexity index is 637. The number of carbonyl (C=O) groups excluding carboxylic acids is 1. The maximum Gasteiger partial charge on any atom is 0.273 e. The van der Waals surface area contributed by atoms with Crippen molar-refractivity contribution < 1.29 is 9.21 Å². The van der Waals surface area contributed by atoms with Gasteiger partial charge in [-0.1, -0.05) is 44.2 Å². The number of amides is 1. The summed E-state index contributed by atoms with van der Waals surface area (Å²) in [6.07, 6.45) is 4.02. The molecule has 1 aromatic heterocycles. The fourth-order valence-electron chi connectivity index (χ4n) is 2.47. The summed E-state index contributed by atoms with van der Waals surface area (Å²) in [6.45, 7) is 6.35. The molecule has 2 rings (SSSR count). The first kappa shape index (κ1) is 18.2. The van der Waals surface area contributed by atoms with Crippen LogP contribution >= 0.6 is 0 Å². The van der Waals surface area contributed by atoms with Gasteiger partial charge in [0.1, 0.15) is 6.26 Å². The van der Waals surface area contributed by atoms with Gasteiger partial charge in [-0.05, 0) is 37.7 Å². The van der Waals surface area contributed by atoms with E-state index in [0.29, 0.717) is 18.2 Å². The number of benzene rings is 1. The van der Waals surface area contributed by atoms with Crippen LogP contribution in [0.4, 0.5) is 0 Å². The molecule has 130 valence electrons. The fraction of sp³-hybridized carbons (Fsp3) is 0.474. The molecular formula is C19H27N3O2. The summed E-state index contributed by atoms with van der Waals surface area (Å²) in [7, 11) is 0.